The molecule has 0 spiro atoms. The Balaban J connectivity index is 1.42. The molecule has 0 fully saturated rings. The van der Waals surface area contributed by atoms with Gasteiger partial charge >= 0.3 is 6.09 Å². The van der Waals surface area contributed by atoms with Crippen LogP contribution in [0.4, 0.5) is 4.79 Å². The Morgan fingerprint density at radius 3 is 2.02 bits per heavy atom. The van der Waals surface area contributed by atoms with Gasteiger partial charge in [-0.15, -0.1) is 0 Å². The molecule has 42 heavy (non-hydrogen) atoms. The number of rotatable bonds is 12. The average molecular weight is 566 g/mol. The van der Waals surface area contributed by atoms with Gasteiger partial charge in [-0.3, -0.25) is 14.4 Å². The molecule has 0 aromatic heterocycles. The van der Waals surface area contributed by atoms with Gasteiger partial charge in [0.25, 0.3) is 5.91 Å². The van der Waals surface area contributed by atoms with Crippen LogP contribution in [0.3, 0.4) is 0 Å². The third kappa shape index (κ3) is 8.27. The number of carbonyl (C=O) groups excluding carboxylic acids is 4. The van der Waals surface area contributed by atoms with E-state index >= 15 is 0 Å². The molecule has 216 valence electrons. The molecule has 2 atom stereocenters. The first-order valence-electron chi connectivity index (χ1n) is 13.9. The monoisotopic (exact) mass is 565 g/mol. The van der Waals surface area contributed by atoms with Crippen LogP contribution in [0.15, 0.2) is 103 Å². The third-order valence-corrected chi connectivity index (χ3v) is 6.89. The van der Waals surface area contributed by atoms with E-state index < -0.39 is 35.8 Å². The van der Waals surface area contributed by atoms with Crippen LogP contribution in [-0.4, -0.2) is 35.8 Å². The summed E-state index contributed by atoms with van der Waals surface area (Å²) in [5, 5.41) is 10.0. The standard InChI is InChI=1S/C34H35N3O5/c1-23(2)30(31(38)33(40)35-21-27-18-11-17-26-16-9-10-19-28(26)27)37-32(39)29(20-24-12-5-3-6-13-24)36-34(41)42-22-25-14-7-4-8-15-25/h3-19,23,29-30H,20-22H2,1-2H3,(H,35,40)(H,36,41)(H,37,39)/t29-,30-/m0/s1. The molecule has 4 rings (SSSR count). The zero-order valence-electron chi connectivity index (χ0n) is 23.7. The number of amides is 3. The number of hydrogen-bond acceptors (Lipinski definition) is 5. The van der Waals surface area contributed by atoms with Gasteiger partial charge in [0, 0.05) is 13.0 Å². The molecule has 0 saturated carbocycles. The van der Waals surface area contributed by atoms with Crippen LogP contribution >= 0.6 is 0 Å². The number of benzene rings is 4. The van der Waals surface area contributed by atoms with Crippen molar-refractivity contribution in [3.05, 3.63) is 120 Å². The normalized spacial score (nSPS) is 12.3. The molecule has 0 radical (unpaired) electrons. The molecule has 0 aliphatic heterocycles. The zero-order chi connectivity index (χ0) is 29.9. The van der Waals surface area contributed by atoms with E-state index in [4.69, 9.17) is 4.74 Å². The summed E-state index contributed by atoms with van der Waals surface area (Å²) in [6.45, 7) is 3.69. The Hall–Kier alpha value is -4.98. The first-order chi connectivity index (χ1) is 20.3. The second-order valence-corrected chi connectivity index (χ2v) is 10.4. The lowest BCUT2D eigenvalue weighted by Crippen LogP contribution is -2.56. The first-order valence-corrected chi connectivity index (χ1v) is 13.9. The van der Waals surface area contributed by atoms with E-state index in [1.54, 1.807) is 13.8 Å². The summed E-state index contributed by atoms with van der Waals surface area (Å²) in [7, 11) is 0. The van der Waals surface area contributed by atoms with Gasteiger partial charge < -0.3 is 20.7 Å². The van der Waals surface area contributed by atoms with Crippen molar-refractivity contribution in [1.29, 1.82) is 0 Å². The number of nitrogens with one attached hydrogen (secondary N) is 3. The number of hydrogen-bond donors (Lipinski definition) is 3. The molecule has 8 nitrogen and oxygen atoms in total. The van der Waals surface area contributed by atoms with Gasteiger partial charge in [-0.1, -0.05) is 117 Å². The van der Waals surface area contributed by atoms with E-state index in [0.29, 0.717) is 0 Å². The van der Waals surface area contributed by atoms with Crippen LogP contribution in [0.2, 0.25) is 0 Å². The molecule has 0 aliphatic rings. The fourth-order valence-corrected chi connectivity index (χ4v) is 4.61. The van der Waals surface area contributed by atoms with E-state index in [9.17, 15) is 19.2 Å². The van der Waals surface area contributed by atoms with Gasteiger partial charge in [0.05, 0.1) is 6.04 Å². The van der Waals surface area contributed by atoms with Crippen molar-refractivity contribution >= 4 is 34.5 Å². The number of ketones is 1. The van der Waals surface area contributed by atoms with Gasteiger partial charge in [-0.2, -0.15) is 0 Å². The lowest BCUT2D eigenvalue weighted by atomic mass is 9.97. The summed E-state index contributed by atoms with van der Waals surface area (Å²) < 4.78 is 5.33. The fraction of sp³-hybridized carbons (Fsp3) is 0.235. The number of Topliss-reactive ketones (excluding diaryl/α,β-unsaturated/α-hetero) is 1. The van der Waals surface area contributed by atoms with Crippen molar-refractivity contribution in [2.75, 3.05) is 0 Å². The predicted molar refractivity (Wildman–Crippen MR) is 161 cm³/mol. The molecule has 3 N–H and O–H groups in total. The maximum absolute atomic E-state index is 13.5. The fourth-order valence-electron chi connectivity index (χ4n) is 4.61. The minimum Gasteiger partial charge on any atom is -0.445 e. The van der Waals surface area contributed by atoms with E-state index in [1.165, 1.54) is 0 Å². The highest BCUT2D eigenvalue weighted by atomic mass is 16.5. The van der Waals surface area contributed by atoms with Crippen molar-refractivity contribution in [2.24, 2.45) is 5.92 Å². The molecule has 0 unspecified atom stereocenters. The lowest BCUT2D eigenvalue weighted by molar-refractivity contribution is -0.141. The smallest absolute Gasteiger partial charge is 0.408 e. The van der Waals surface area contributed by atoms with Crippen LogP contribution in [0.5, 0.6) is 0 Å². The number of carbonyl (C=O) groups is 4. The lowest BCUT2D eigenvalue weighted by Gasteiger charge is -2.25. The molecule has 3 amide bonds. The number of alkyl carbamates (subject to hydrolysis) is 1. The van der Waals surface area contributed by atoms with Crippen LogP contribution in [-0.2, 0) is 38.7 Å². The van der Waals surface area contributed by atoms with Crippen LogP contribution < -0.4 is 16.0 Å². The molecule has 8 heteroatoms. The van der Waals surface area contributed by atoms with Crippen molar-refractivity contribution in [3.63, 3.8) is 0 Å². The van der Waals surface area contributed by atoms with Gasteiger partial charge in [-0.05, 0) is 33.4 Å². The van der Waals surface area contributed by atoms with Crippen molar-refractivity contribution in [1.82, 2.24) is 16.0 Å². The summed E-state index contributed by atoms with van der Waals surface area (Å²) in [5.74, 6) is -2.53. The van der Waals surface area contributed by atoms with E-state index in [-0.39, 0.29) is 25.5 Å². The second-order valence-electron chi connectivity index (χ2n) is 10.4. The quantitative estimate of drug-likeness (QED) is 0.216. The van der Waals surface area contributed by atoms with Crippen LogP contribution in [0.25, 0.3) is 10.8 Å². The van der Waals surface area contributed by atoms with Crippen LogP contribution in [0, 0.1) is 5.92 Å². The molecule has 0 saturated heterocycles. The molecular formula is C34H35N3O5. The Morgan fingerprint density at radius 1 is 0.714 bits per heavy atom. The van der Waals surface area contributed by atoms with Gasteiger partial charge in [0.2, 0.25) is 11.7 Å². The van der Waals surface area contributed by atoms with Crippen molar-refractivity contribution < 1.29 is 23.9 Å². The van der Waals surface area contributed by atoms with Gasteiger partial charge in [0.1, 0.15) is 12.6 Å². The largest absolute Gasteiger partial charge is 0.445 e. The third-order valence-electron chi connectivity index (χ3n) is 6.89. The van der Waals surface area contributed by atoms with Gasteiger partial charge in [-0.25, -0.2) is 4.79 Å². The minimum absolute atomic E-state index is 0.0380. The number of ether oxygens (including phenoxy) is 1. The predicted octanol–water partition coefficient (Wildman–Crippen LogP) is 4.70. The highest BCUT2D eigenvalue weighted by molar-refractivity contribution is 6.38. The summed E-state index contributed by atoms with van der Waals surface area (Å²) in [4.78, 5) is 52.3. The minimum atomic E-state index is -1.09. The maximum atomic E-state index is 13.5. The molecule has 4 aromatic rings. The van der Waals surface area contributed by atoms with E-state index in [0.717, 1.165) is 27.5 Å². The topological polar surface area (TPSA) is 114 Å². The Labute approximate surface area is 245 Å². The second kappa shape index (κ2) is 14.6. The van der Waals surface area contributed by atoms with Crippen molar-refractivity contribution in [2.45, 2.75) is 45.5 Å². The SMILES string of the molecule is CC(C)[C@H](NC(=O)[C@H](Cc1ccccc1)NC(=O)OCc1ccccc1)C(=O)C(=O)NCc1cccc2ccccc12. The Morgan fingerprint density at radius 2 is 1.33 bits per heavy atom. The van der Waals surface area contributed by atoms with Crippen LogP contribution in [0.1, 0.15) is 30.5 Å². The first kappa shape index (κ1) is 30.0. The maximum Gasteiger partial charge on any atom is 0.408 e. The summed E-state index contributed by atoms with van der Waals surface area (Å²) in [5.41, 5.74) is 2.48. The van der Waals surface area contributed by atoms with E-state index in [2.05, 4.69) is 16.0 Å². The van der Waals surface area contributed by atoms with Crippen molar-refractivity contribution in [3.8, 4) is 0 Å². The Bertz CT molecular complexity index is 1520. The highest BCUT2D eigenvalue weighted by Crippen LogP contribution is 2.18. The zero-order valence-corrected chi connectivity index (χ0v) is 23.7. The highest BCUT2D eigenvalue weighted by Gasteiger charge is 2.32. The summed E-state index contributed by atoms with van der Waals surface area (Å²) >= 11 is 0. The average Bonchev–Trinajstić information content (AvgIpc) is 3.01. The molecular weight excluding hydrogens is 530 g/mol. The van der Waals surface area contributed by atoms with Gasteiger partial charge in [0.15, 0.2) is 0 Å². The van der Waals surface area contributed by atoms with E-state index in [1.807, 2.05) is 103 Å². The summed E-state index contributed by atoms with van der Waals surface area (Å²) in [6.07, 6.45) is -0.602. The summed E-state index contributed by atoms with van der Waals surface area (Å²) in [6, 6.07) is 29.8. The Kier molecular flexibility index (Phi) is 10.4. The molecule has 4 aromatic carbocycles. The molecule has 0 heterocycles. The number of fused-ring (bicyclic) bond motifs is 1. The molecule has 0 bridgehead atoms. The molecule has 0 aliphatic carbocycles.